The van der Waals surface area contributed by atoms with Crippen LogP contribution in [0.25, 0.3) is 0 Å². The van der Waals surface area contributed by atoms with Crippen molar-refractivity contribution in [3.63, 3.8) is 0 Å². The van der Waals surface area contributed by atoms with Gasteiger partial charge in [0, 0.05) is 32.2 Å². The number of nitrogens with one attached hydrogen (secondary N) is 2. The molecule has 0 saturated carbocycles. The normalized spacial score (nSPS) is 25.1. The fourth-order valence-corrected chi connectivity index (χ4v) is 3.27. The lowest BCUT2D eigenvalue weighted by molar-refractivity contribution is -0.131. The molecule has 2 atom stereocenters. The lowest BCUT2D eigenvalue weighted by Crippen LogP contribution is -2.50. The van der Waals surface area contributed by atoms with Crippen LogP contribution in [-0.4, -0.2) is 66.3 Å². The summed E-state index contributed by atoms with van der Waals surface area (Å²) in [5.41, 5.74) is 10.9. The van der Waals surface area contributed by atoms with Gasteiger partial charge in [0.05, 0.1) is 12.5 Å². The molecule has 0 aromatic rings. The zero-order valence-electron chi connectivity index (χ0n) is 12.9. The van der Waals surface area contributed by atoms with Crippen molar-refractivity contribution in [1.29, 1.82) is 5.41 Å². The lowest BCUT2D eigenvalue weighted by Gasteiger charge is -2.32. The first kappa shape index (κ1) is 16.5. The lowest BCUT2D eigenvalue weighted by atomic mass is 9.97. The van der Waals surface area contributed by atoms with E-state index in [4.69, 9.17) is 16.9 Å². The number of piperidine rings is 1. The summed E-state index contributed by atoms with van der Waals surface area (Å²) < 4.78 is 0. The molecule has 0 spiro atoms. The van der Waals surface area contributed by atoms with Gasteiger partial charge < -0.3 is 26.6 Å². The van der Waals surface area contributed by atoms with Crippen LogP contribution in [0, 0.1) is 11.3 Å². The monoisotopic (exact) mass is 310 g/mol. The van der Waals surface area contributed by atoms with Gasteiger partial charge in [-0.2, -0.15) is 0 Å². The summed E-state index contributed by atoms with van der Waals surface area (Å²) in [5.74, 6) is -0.194. The van der Waals surface area contributed by atoms with Crippen LogP contribution in [-0.2, 0) is 9.59 Å². The van der Waals surface area contributed by atoms with Crippen molar-refractivity contribution in [2.24, 2.45) is 17.4 Å². The molecule has 6 N–H and O–H groups in total. The smallest absolute Gasteiger partial charge is 0.236 e. The quantitative estimate of drug-likeness (QED) is 0.377. The topological polar surface area (TPSA) is 129 Å². The van der Waals surface area contributed by atoms with Crippen molar-refractivity contribution >= 4 is 17.8 Å². The van der Waals surface area contributed by atoms with Crippen LogP contribution in [0.5, 0.6) is 0 Å². The maximum atomic E-state index is 12.3. The zero-order valence-corrected chi connectivity index (χ0v) is 12.9. The Morgan fingerprint density at radius 2 is 1.95 bits per heavy atom. The summed E-state index contributed by atoms with van der Waals surface area (Å²) in [6, 6.07) is 0.0486. The number of rotatable bonds is 4. The molecule has 0 radical (unpaired) electrons. The average Bonchev–Trinajstić information content (AvgIpc) is 3.00. The highest BCUT2D eigenvalue weighted by molar-refractivity contribution is 5.81. The Morgan fingerprint density at radius 1 is 1.23 bits per heavy atom. The van der Waals surface area contributed by atoms with Crippen LogP contribution in [0.3, 0.4) is 0 Å². The van der Waals surface area contributed by atoms with Crippen LogP contribution in [0.15, 0.2) is 0 Å². The summed E-state index contributed by atoms with van der Waals surface area (Å²) in [7, 11) is 0. The average molecular weight is 310 g/mol. The van der Waals surface area contributed by atoms with Crippen molar-refractivity contribution in [3.8, 4) is 0 Å². The van der Waals surface area contributed by atoms with E-state index in [-0.39, 0.29) is 36.3 Å². The molecule has 22 heavy (non-hydrogen) atoms. The molecule has 2 rings (SSSR count). The number of carbonyl (C=O) groups is 2. The number of nitrogens with two attached hydrogens (primary N) is 2. The summed E-state index contributed by atoms with van der Waals surface area (Å²) in [6.45, 7) is 2.44. The van der Waals surface area contributed by atoms with Crippen molar-refractivity contribution < 1.29 is 9.59 Å². The molecular weight excluding hydrogens is 284 g/mol. The van der Waals surface area contributed by atoms with E-state index in [1.54, 1.807) is 9.80 Å². The predicted octanol–water partition coefficient (Wildman–Crippen LogP) is -1.34. The van der Waals surface area contributed by atoms with Crippen molar-refractivity contribution in [2.45, 2.75) is 31.7 Å². The number of nitrogens with zero attached hydrogens (tertiary/aromatic N) is 2. The van der Waals surface area contributed by atoms with Crippen LogP contribution in [0.2, 0.25) is 0 Å². The van der Waals surface area contributed by atoms with Gasteiger partial charge in [0.25, 0.3) is 0 Å². The van der Waals surface area contributed by atoms with Gasteiger partial charge in [0.2, 0.25) is 11.8 Å². The van der Waals surface area contributed by atoms with E-state index in [9.17, 15) is 9.59 Å². The number of hydrogen-bond donors (Lipinski definition) is 4. The van der Waals surface area contributed by atoms with E-state index in [0.29, 0.717) is 13.1 Å². The number of amides is 2. The van der Waals surface area contributed by atoms with Gasteiger partial charge in [0.15, 0.2) is 5.96 Å². The van der Waals surface area contributed by atoms with Crippen LogP contribution < -0.4 is 16.8 Å². The first-order valence-corrected chi connectivity index (χ1v) is 7.89. The van der Waals surface area contributed by atoms with Crippen molar-refractivity contribution in [1.82, 2.24) is 15.1 Å². The van der Waals surface area contributed by atoms with Gasteiger partial charge >= 0.3 is 0 Å². The van der Waals surface area contributed by atoms with E-state index in [0.717, 1.165) is 38.8 Å². The van der Waals surface area contributed by atoms with Gasteiger partial charge in [-0.1, -0.05) is 0 Å². The molecule has 2 fully saturated rings. The number of guanidine groups is 1. The van der Waals surface area contributed by atoms with Gasteiger partial charge in [0.1, 0.15) is 0 Å². The molecule has 2 aliphatic rings. The molecule has 0 bridgehead atoms. The predicted molar refractivity (Wildman–Crippen MR) is 83.0 cm³/mol. The highest BCUT2D eigenvalue weighted by atomic mass is 16.2. The van der Waals surface area contributed by atoms with E-state index >= 15 is 0 Å². The molecule has 0 unspecified atom stereocenters. The number of carbonyl (C=O) groups excluding carboxylic acids is 2. The minimum absolute atomic E-state index is 0.0145. The Bertz CT molecular complexity index is 441. The van der Waals surface area contributed by atoms with Crippen LogP contribution in [0.1, 0.15) is 25.7 Å². The molecule has 2 aliphatic heterocycles. The standard InChI is InChI=1S/C14H26N6O2/c15-7-12(21)20-6-2-4-11(20)8-18-13(22)10-3-1-5-19(9-10)14(16)17/h10-11H,1-9,15H2,(H3,16,17)(H,18,22)/t10-,11-/m0/s1. The SMILES string of the molecule is N=C(N)N1CCC[C@H](C(=O)NC[C@@H]2CCCN2C(=O)CN)C1. The van der Waals surface area contributed by atoms with Crippen molar-refractivity contribution in [2.75, 3.05) is 32.7 Å². The summed E-state index contributed by atoms with van der Waals surface area (Å²) in [4.78, 5) is 27.5. The largest absolute Gasteiger partial charge is 0.370 e. The highest BCUT2D eigenvalue weighted by Gasteiger charge is 2.30. The van der Waals surface area contributed by atoms with Crippen molar-refractivity contribution in [3.05, 3.63) is 0 Å². The maximum absolute atomic E-state index is 12.3. The maximum Gasteiger partial charge on any atom is 0.236 e. The molecule has 0 aromatic carbocycles. The third kappa shape index (κ3) is 3.88. The summed E-state index contributed by atoms with van der Waals surface area (Å²) in [6.07, 6.45) is 3.52. The Balaban J connectivity index is 1.82. The van der Waals surface area contributed by atoms with Crippen LogP contribution >= 0.6 is 0 Å². The van der Waals surface area contributed by atoms with Gasteiger partial charge in [-0.15, -0.1) is 0 Å². The minimum atomic E-state index is -0.141. The molecule has 2 heterocycles. The van der Waals surface area contributed by atoms with E-state index in [1.807, 2.05) is 0 Å². The zero-order chi connectivity index (χ0) is 16.1. The highest BCUT2D eigenvalue weighted by Crippen LogP contribution is 2.18. The Kier molecular flexibility index (Phi) is 5.59. The Labute approximate surface area is 130 Å². The summed E-state index contributed by atoms with van der Waals surface area (Å²) in [5, 5.41) is 10.4. The first-order chi connectivity index (χ1) is 10.5. The molecule has 0 aliphatic carbocycles. The number of likely N-dealkylation sites (tertiary alicyclic amines) is 2. The molecule has 2 amide bonds. The molecule has 124 valence electrons. The summed E-state index contributed by atoms with van der Waals surface area (Å²) >= 11 is 0. The Hall–Kier alpha value is -1.83. The molecule has 8 heteroatoms. The Morgan fingerprint density at radius 3 is 2.64 bits per heavy atom. The number of hydrogen-bond acceptors (Lipinski definition) is 4. The van der Waals surface area contributed by atoms with E-state index < -0.39 is 0 Å². The van der Waals surface area contributed by atoms with Crippen LogP contribution in [0.4, 0.5) is 0 Å². The fraction of sp³-hybridized carbons (Fsp3) is 0.786. The minimum Gasteiger partial charge on any atom is -0.370 e. The molecular formula is C14H26N6O2. The molecule has 2 saturated heterocycles. The first-order valence-electron chi connectivity index (χ1n) is 7.89. The second-order valence-electron chi connectivity index (χ2n) is 6.00. The molecule has 0 aromatic heterocycles. The van der Waals surface area contributed by atoms with E-state index in [2.05, 4.69) is 5.32 Å². The van der Waals surface area contributed by atoms with E-state index in [1.165, 1.54) is 0 Å². The van der Waals surface area contributed by atoms with Gasteiger partial charge in [-0.25, -0.2) is 0 Å². The second kappa shape index (κ2) is 7.44. The molecule has 8 nitrogen and oxygen atoms in total. The fourth-order valence-electron chi connectivity index (χ4n) is 3.27. The second-order valence-corrected chi connectivity index (χ2v) is 6.00. The van der Waals surface area contributed by atoms with Gasteiger partial charge in [-0.3, -0.25) is 15.0 Å². The third-order valence-corrected chi connectivity index (χ3v) is 4.52. The third-order valence-electron chi connectivity index (χ3n) is 4.52. The van der Waals surface area contributed by atoms with Gasteiger partial charge in [-0.05, 0) is 25.7 Å².